The maximum absolute atomic E-state index is 4.40. The van der Waals surface area contributed by atoms with Crippen LogP contribution in [0.5, 0.6) is 0 Å². The summed E-state index contributed by atoms with van der Waals surface area (Å²) in [6, 6.07) is 6.02. The van der Waals surface area contributed by atoms with E-state index in [1.807, 2.05) is 37.6 Å². The Bertz CT molecular complexity index is 481. The molecule has 0 radical (unpaired) electrons. The largest absolute Gasteiger partial charge is 0.340 e. The molecule has 19 heavy (non-hydrogen) atoms. The van der Waals surface area contributed by atoms with Crippen molar-refractivity contribution in [3.05, 3.63) is 48.0 Å². The minimum atomic E-state index is 0.809. The summed E-state index contributed by atoms with van der Waals surface area (Å²) in [6.07, 6.45) is 7.57. The van der Waals surface area contributed by atoms with E-state index in [0.29, 0.717) is 0 Å². The molecule has 100 valence electrons. The first-order chi connectivity index (χ1) is 9.29. The summed E-state index contributed by atoms with van der Waals surface area (Å²) in [7, 11) is 0. The van der Waals surface area contributed by atoms with Crippen molar-refractivity contribution in [1.29, 1.82) is 0 Å². The van der Waals surface area contributed by atoms with Gasteiger partial charge in [0.1, 0.15) is 0 Å². The van der Waals surface area contributed by atoms with Crippen LogP contribution >= 0.6 is 0 Å². The summed E-state index contributed by atoms with van der Waals surface area (Å²) >= 11 is 0. The van der Waals surface area contributed by atoms with Gasteiger partial charge in [-0.2, -0.15) is 0 Å². The van der Waals surface area contributed by atoms with Gasteiger partial charge in [-0.1, -0.05) is 13.0 Å². The molecule has 2 heterocycles. The van der Waals surface area contributed by atoms with E-state index in [0.717, 1.165) is 43.1 Å². The SMILES string of the molecule is CCCN(CCc1ccccn1)c1ncc(C)cn1. The lowest BCUT2D eigenvalue weighted by Gasteiger charge is -2.21. The van der Waals surface area contributed by atoms with Crippen molar-refractivity contribution in [3.63, 3.8) is 0 Å². The molecule has 4 heteroatoms. The van der Waals surface area contributed by atoms with Crippen molar-refractivity contribution in [3.8, 4) is 0 Å². The van der Waals surface area contributed by atoms with Crippen LogP contribution < -0.4 is 4.90 Å². The second-order valence-electron chi connectivity index (χ2n) is 4.62. The van der Waals surface area contributed by atoms with E-state index in [2.05, 4.69) is 32.8 Å². The van der Waals surface area contributed by atoms with E-state index in [1.54, 1.807) is 0 Å². The van der Waals surface area contributed by atoms with Crippen LogP contribution in [0.2, 0.25) is 0 Å². The molecule has 2 aromatic heterocycles. The molecule has 0 amide bonds. The molecular weight excluding hydrogens is 236 g/mol. The Hall–Kier alpha value is -1.97. The van der Waals surface area contributed by atoms with Gasteiger partial charge in [0.05, 0.1) is 0 Å². The lowest BCUT2D eigenvalue weighted by molar-refractivity contribution is 0.723. The maximum Gasteiger partial charge on any atom is 0.225 e. The molecule has 0 aliphatic carbocycles. The Labute approximate surface area is 114 Å². The summed E-state index contributed by atoms with van der Waals surface area (Å²) in [5.41, 5.74) is 2.20. The zero-order chi connectivity index (χ0) is 13.5. The van der Waals surface area contributed by atoms with E-state index in [9.17, 15) is 0 Å². The van der Waals surface area contributed by atoms with Gasteiger partial charge in [-0.25, -0.2) is 9.97 Å². The Morgan fingerprint density at radius 2 is 1.84 bits per heavy atom. The van der Waals surface area contributed by atoms with Gasteiger partial charge in [0, 0.05) is 43.8 Å². The highest BCUT2D eigenvalue weighted by Crippen LogP contribution is 2.09. The number of nitrogens with zero attached hydrogens (tertiary/aromatic N) is 4. The summed E-state index contributed by atoms with van der Waals surface area (Å²) in [4.78, 5) is 15.4. The van der Waals surface area contributed by atoms with Crippen molar-refractivity contribution in [2.24, 2.45) is 0 Å². The number of hydrogen-bond donors (Lipinski definition) is 0. The van der Waals surface area contributed by atoms with Crippen molar-refractivity contribution in [1.82, 2.24) is 15.0 Å². The minimum Gasteiger partial charge on any atom is -0.340 e. The normalized spacial score (nSPS) is 10.4. The van der Waals surface area contributed by atoms with Gasteiger partial charge in [-0.05, 0) is 31.0 Å². The fourth-order valence-corrected chi connectivity index (χ4v) is 1.93. The van der Waals surface area contributed by atoms with Gasteiger partial charge in [0.15, 0.2) is 0 Å². The fraction of sp³-hybridized carbons (Fsp3) is 0.400. The number of aromatic nitrogens is 3. The topological polar surface area (TPSA) is 41.9 Å². The molecule has 0 N–H and O–H groups in total. The van der Waals surface area contributed by atoms with E-state index < -0.39 is 0 Å². The van der Waals surface area contributed by atoms with Crippen LogP contribution in [0.1, 0.15) is 24.6 Å². The molecule has 0 saturated carbocycles. The van der Waals surface area contributed by atoms with E-state index in [4.69, 9.17) is 0 Å². The highest BCUT2D eigenvalue weighted by atomic mass is 15.2. The van der Waals surface area contributed by atoms with Crippen LogP contribution in [-0.2, 0) is 6.42 Å². The Kier molecular flexibility index (Phi) is 4.84. The second kappa shape index (κ2) is 6.83. The summed E-state index contributed by atoms with van der Waals surface area (Å²) < 4.78 is 0. The smallest absolute Gasteiger partial charge is 0.225 e. The van der Waals surface area contributed by atoms with Crippen molar-refractivity contribution >= 4 is 5.95 Å². The van der Waals surface area contributed by atoms with Crippen LogP contribution in [0.25, 0.3) is 0 Å². The third-order valence-electron chi connectivity index (χ3n) is 2.91. The van der Waals surface area contributed by atoms with Crippen LogP contribution in [0.15, 0.2) is 36.8 Å². The second-order valence-corrected chi connectivity index (χ2v) is 4.62. The molecule has 0 spiro atoms. The molecular formula is C15H20N4. The number of hydrogen-bond acceptors (Lipinski definition) is 4. The van der Waals surface area contributed by atoms with Crippen LogP contribution in [0, 0.1) is 6.92 Å². The predicted molar refractivity (Wildman–Crippen MR) is 77.2 cm³/mol. The maximum atomic E-state index is 4.40. The number of aryl methyl sites for hydroxylation is 1. The Morgan fingerprint density at radius 3 is 2.47 bits per heavy atom. The van der Waals surface area contributed by atoms with Gasteiger partial charge >= 0.3 is 0 Å². The van der Waals surface area contributed by atoms with Crippen molar-refractivity contribution in [2.45, 2.75) is 26.7 Å². The monoisotopic (exact) mass is 256 g/mol. The van der Waals surface area contributed by atoms with Gasteiger partial charge in [-0.15, -0.1) is 0 Å². The first-order valence-electron chi connectivity index (χ1n) is 6.73. The van der Waals surface area contributed by atoms with E-state index in [-0.39, 0.29) is 0 Å². The number of rotatable bonds is 6. The first-order valence-corrected chi connectivity index (χ1v) is 6.73. The lowest BCUT2D eigenvalue weighted by atomic mass is 10.2. The molecule has 0 unspecified atom stereocenters. The van der Waals surface area contributed by atoms with Gasteiger partial charge in [0.2, 0.25) is 5.95 Å². The quantitative estimate of drug-likeness (QED) is 0.796. The average Bonchev–Trinajstić information content (AvgIpc) is 2.46. The summed E-state index contributed by atoms with van der Waals surface area (Å²) in [6.45, 7) is 6.04. The third kappa shape index (κ3) is 4.02. The predicted octanol–water partition coefficient (Wildman–Crippen LogP) is 2.64. The Balaban J connectivity index is 2.02. The average molecular weight is 256 g/mol. The van der Waals surface area contributed by atoms with Crippen molar-refractivity contribution < 1.29 is 0 Å². The van der Waals surface area contributed by atoms with Crippen molar-refractivity contribution in [2.75, 3.05) is 18.0 Å². The van der Waals surface area contributed by atoms with E-state index >= 15 is 0 Å². The summed E-state index contributed by atoms with van der Waals surface area (Å²) in [5.74, 6) is 0.809. The molecule has 0 aliphatic rings. The molecule has 0 aromatic carbocycles. The number of pyridine rings is 1. The molecule has 0 saturated heterocycles. The first kappa shape index (κ1) is 13.5. The van der Waals surface area contributed by atoms with E-state index in [1.165, 1.54) is 0 Å². The highest BCUT2D eigenvalue weighted by molar-refractivity contribution is 5.29. The molecule has 0 fully saturated rings. The van der Waals surface area contributed by atoms with Gasteiger partial charge < -0.3 is 4.90 Å². The fourth-order valence-electron chi connectivity index (χ4n) is 1.93. The van der Waals surface area contributed by atoms with Crippen LogP contribution in [-0.4, -0.2) is 28.0 Å². The molecule has 0 aliphatic heterocycles. The molecule has 4 nitrogen and oxygen atoms in total. The zero-order valence-corrected chi connectivity index (χ0v) is 11.6. The lowest BCUT2D eigenvalue weighted by Crippen LogP contribution is -2.28. The molecule has 0 bridgehead atoms. The molecule has 0 atom stereocenters. The third-order valence-corrected chi connectivity index (χ3v) is 2.91. The van der Waals surface area contributed by atoms with Crippen LogP contribution in [0.4, 0.5) is 5.95 Å². The zero-order valence-electron chi connectivity index (χ0n) is 11.6. The Morgan fingerprint density at radius 1 is 1.05 bits per heavy atom. The van der Waals surface area contributed by atoms with Crippen LogP contribution in [0.3, 0.4) is 0 Å². The minimum absolute atomic E-state index is 0.809. The number of anilines is 1. The standard InChI is InChI=1S/C15H20N4/c1-3-9-19(15-17-11-13(2)12-18-15)10-7-14-6-4-5-8-16-14/h4-6,8,11-12H,3,7,9-10H2,1-2H3. The molecule has 2 rings (SSSR count). The molecule has 2 aromatic rings. The summed E-state index contributed by atoms with van der Waals surface area (Å²) in [5, 5.41) is 0. The van der Waals surface area contributed by atoms with Gasteiger partial charge in [0.25, 0.3) is 0 Å². The highest BCUT2D eigenvalue weighted by Gasteiger charge is 2.08. The van der Waals surface area contributed by atoms with Gasteiger partial charge in [-0.3, -0.25) is 4.98 Å².